The average molecular weight is 218 g/mol. The lowest BCUT2D eigenvalue weighted by Crippen LogP contribution is -2.23. The predicted octanol–water partition coefficient (Wildman–Crippen LogP) is 2.46. The largest absolute Gasteiger partial charge is 0.329 e. The highest BCUT2D eigenvalue weighted by molar-refractivity contribution is 5.80. The molecule has 0 spiro atoms. The molecule has 0 saturated heterocycles. The van der Waals surface area contributed by atoms with Crippen molar-refractivity contribution in [3.8, 4) is 0 Å². The zero-order valence-electron chi connectivity index (χ0n) is 10.4. The van der Waals surface area contributed by atoms with Crippen LogP contribution in [0.5, 0.6) is 0 Å². The van der Waals surface area contributed by atoms with Gasteiger partial charge < -0.3 is 0 Å². The van der Waals surface area contributed by atoms with Gasteiger partial charge in [-0.05, 0) is 44.9 Å². The first-order valence-electron chi connectivity index (χ1n) is 5.81. The highest BCUT2D eigenvalue weighted by Crippen LogP contribution is 2.20. The van der Waals surface area contributed by atoms with Crippen LogP contribution in [0.2, 0.25) is 0 Å². The molecule has 1 aromatic heterocycles. The summed E-state index contributed by atoms with van der Waals surface area (Å²) in [5.41, 5.74) is 4.70. The van der Waals surface area contributed by atoms with Crippen molar-refractivity contribution in [2.24, 2.45) is 0 Å². The van der Waals surface area contributed by atoms with Crippen molar-refractivity contribution in [1.82, 2.24) is 9.13 Å². The lowest BCUT2D eigenvalue weighted by molar-refractivity contribution is 0.670. The Balaban J connectivity index is 3.01. The van der Waals surface area contributed by atoms with Crippen LogP contribution in [0.1, 0.15) is 25.0 Å². The quantitative estimate of drug-likeness (QED) is 0.760. The van der Waals surface area contributed by atoms with E-state index in [-0.39, 0.29) is 5.69 Å². The number of hydrogen-bond donors (Lipinski definition) is 0. The molecule has 0 fully saturated rings. The van der Waals surface area contributed by atoms with Gasteiger partial charge in [0.1, 0.15) is 0 Å². The third kappa shape index (κ3) is 1.31. The van der Waals surface area contributed by atoms with Gasteiger partial charge in [-0.15, -0.1) is 0 Å². The molecule has 0 N–H and O–H groups in total. The van der Waals surface area contributed by atoms with Gasteiger partial charge in [0.05, 0.1) is 11.0 Å². The van der Waals surface area contributed by atoms with Crippen LogP contribution in [0.15, 0.2) is 16.9 Å². The molecule has 0 aliphatic carbocycles. The minimum atomic E-state index is 0.105. The van der Waals surface area contributed by atoms with E-state index in [9.17, 15) is 4.79 Å². The van der Waals surface area contributed by atoms with E-state index in [0.29, 0.717) is 0 Å². The Morgan fingerprint density at radius 2 is 1.69 bits per heavy atom. The number of rotatable bonds is 2. The molecule has 0 bridgehead atoms. The second-order valence-electron chi connectivity index (χ2n) is 4.15. The van der Waals surface area contributed by atoms with Gasteiger partial charge in [0.2, 0.25) is 0 Å². The van der Waals surface area contributed by atoms with Crippen molar-refractivity contribution in [1.29, 1.82) is 0 Å². The van der Waals surface area contributed by atoms with Gasteiger partial charge in [-0.25, -0.2) is 4.79 Å². The molecule has 0 amide bonds. The smallest absolute Gasteiger partial charge is 0.292 e. The summed E-state index contributed by atoms with van der Waals surface area (Å²) >= 11 is 0. The van der Waals surface area contributed by atoms with E-state index in [0.717, 1.165) is 24.1 Å². The van der Waals surface area contributed by atoms with Crippen molar-refractivity contribution < 1.29 is 0 Å². The fraction of sp³-hybridized carbons (Fsp3) is 0.462. The summed E-state index contributed by atoms with van der Waals surface area (Å²) in [7, 11) is 0. The summed E-state index contributed by atoms with van der Waals surface area (Å²) in [6, 6.07) is 4.14. The van der Waals surface area contributed by atoms with Gasteiger partial charge in [0.25, 0.3) is 0 Å². The SMILES string of the molecule is CCn1c(=O)n(CC)c2c(C)c(C)ccc21. The molecule has 2 rings (SSSR count). The van der Waals surface area contributed by atoms with Crippen LogP contribution < -0.4 is 5.69 Å². The van der Waals surface area contributed by atoms with Crippen molar-refractivity contribution in [3.63, 3.8) is 0 Å². The molecule has 86 valence electrons. The lowest BCUT2D eigenvalue weighted by atomic mass is 10.1. The first-order valence-corrected chi connectivity index (χ1v) is 5.81. The van der Waals surface area contributed by atoms with E-state index in [2.05, 4.69) is 26.0 Å². The average Bonchev–Trinajstić information content (AvgIpc) is 2.56. The molecule has 2 aromatic rings. The number of aryl methyl sites for hydroxylation is 4. The lowest BCUT2D eigenvalue weighted by Gasteiger charge is -2.05. The standard InChI is InChI=1S/C13H18N2O/c1-5-14-11-8-7-9(3)10(4)12(11)15(6-2)13(14)16/h7-8H,5-6H2,1-4H3. The van der Waals surface area contributed by atoms with E-state index in [1.165, 1.54) is 11.1 Å². The molecule has 0 aliphatic rings. The highest BCUT2D eigenvalue weighted by atomic mass is 16.1. The zero-order chi connectivity index (χ0) is 11.9. The number of fused-ring (bicyclic) bond motifs is 1. The third-order valence-corrected chi connectivity index (χ3v) is 3.34. The van der Waals surface area contributed by atoms with Crippen LogP contribution in [0.3, 0.4) is 0 Å². The van der Waals surface area contributed by atoms with Crippen molar-refractivity contribution in [3.05, 3.63) is 33.7 Å². The number of aromatic nitrogens is 2. The molecular weight excluding hydrogens is 200 g/mol. The normalized spacial score (nSPS) is 11.2. The van der Waals surface area contributed by atoms with Crippen molar-refractivity contribution in [2.45, 2.75) is 40.8 Å². The Hall–Kier alpha value is -1.51. The maximum Gasteiger partial charge on any atom is 0.329 e. The molecule has 0 radical (unpaired) electrons. The van der Waals surface area contributed by atoms with Gasteiger partial charge in [0.15, 0.2) is 0 Å². The van der Waals surface area contributed by atoms with Crippen LogP contribution in [-0.2, 0) is 13.1 Å². The monoisotopic (exact) mass is 218 g/mol. The number of benzene rings is 1. The number of nitrogens with zero attached hydrogens (tertiary/aromatic N) is 2. The van der Waals surface area contributed by atoms with E-state index in [1.807, 2.05) is 23.0 Å². The Bertz CT molecular complexity index is 590. The topological polar surface area (TPSA) is 26.9 Å². The summed E-state index contributed by atoms with van der Waals surface area (Å²) in [4.78, 5) is 12.1. The first-order chi connectivity index (χ1) is 7.61. The second-order valence-corrected chi connectivity index (χ2v) is 4.15. The Morgan fingerprint density at radius 1 is 1.06 bits per heavy atom. The summed E-state index contributed by atoms with van der Waals surface area (Å²) in [6.45, 7) is 9.65. The number of imidazole rings is 1. The van der Waals surface area contributed by atoms with Crippen LogP contribution in [0.4, 0.5) is 0 Å². The molecule has 16 heavy (non-hydrogen) atoms. The fourth-order valence-corrected chi connectivity index (χ4v) is 2.29. The Morgan fingerprint density at radius 3 is 2.25 bits per heavy atom. The highest BCUT2D eigenvalue weighted by Gasteiger charge is 2.13. The molecule has 3 nitrogen and oxygen atoms in total. The van der Waals surface area contributed by atoms with E-state index < -0.39 is 0 Å². The maximum atomic E-state index is 12.1. The fourth-order valence-electron chi connectivity index (χ4n) is 2.29. The molecule has 1 aromatic carbocycles. The van der Waals surface area contributed by atoms with Gasteiger partial charge in [-0.1, -0.05) is 6.07 Å². The summed E-state index contributed by atoms with van der Waals surface area (Å²) in [5, 5.41) is 0. The van der Waals surface area contributed by atoms with Crippen molar-refractivity contribution >= 4 is 11.0 Å². The maximum absolute atomic E-state index is 12.1. The molecular formula is C13H18N2O. The first kappa shape index (κ1) is 11.0. The van der Waals surface area contributed by atoms with E-state index >= 15 is 0 Å². The van der Waals surface area contributed by atoms with Gasteiger partial charge in [-0.3, -0.25) is 9.13 Å². The summed E-state index contributed by atoms with van der Waals surface area (Å²) in [5.74, 6) is 0. The van der Waals surface area contributed by atoms with Gasteiger partial charge in [0, 0.05) is 13.1 Å². The molecule has 1 heterocycles. The molecule has 0 saturated carbocycles. The summed E-state index contributed by atoms with van der Waals surface area (Å²) in [6.07, 6.45) is 0. The van der Waals surface area contributed by atoms with Crippen LogP contribution in [0, 0.1) is 13.8 Å². The predicted molar refractivity (Wildman–Crippen MR) is 67.0 cm³/mol. The van der Waals surface area contributed by atoms with Gasteiger partial charge in [-0.2, -0.15) is 0 Å². The van der Waals surface area contributed by atoms with E-state index in [1.54, 1.807) is 0 Å². The molecule has 0 aliphatic heterocycles. The van der Waals surface area contributed by atoms with Crippen molar-refractivity contribution in [2.75, 3.05) is 0 Å². The minimum absolute atomic E-state index is 0.105. The van der Waals surface area contributed by atoms with E-state index in [4.69, 9.17) is 0 Å². The Kier molecular flexibility index (Phi) is 2.62. The van der Waals surface area contributed by atoms with Crippen LogP contribution in [0.25, 0.3) is 11.0 Å². The third-order valence-electron chi connectivity index (χ3n) is 3.34. The Labute approximate surface area is 95.3 Å². The number of hydrogen-bond acceptors (Lipinski definition) is 1. The minimum Gasteiger partial charge on any atom is -0.292 e. The van der Waals surface area contributed by atoms with Gasteiger partial charge >= 0.3 is 5.69 Å². The molecule has 0 unspecified atom stereocenters. The van der Waals surface area contributed by atoms with Crippen LogP contribution in [-0.4, -0.2) is 9.13 Å². The molecule has 3 heteroatoms. The second kappa shape index (κ2) is 3.81. The van der Waals surface area contributed by atoms with Crippen LogP contribution >= 0.6 is 0 Å². The zero-order valence-corrected chi connectivity index (χ0v) is 10.4. The summed E-state index contributed by atoms with van der Waals surface area (Å²) < 4.78 is 3.70. The molecule has 0 atom stereocenters.